The van der Waals surface area contributed by atoms with E-state index >= 15 is 0 Å². The third-order valence-corrected chi connectivity index (χ3v) is 3.60. The second kappa shape index (κ2) is 5.29. The van der Waals surface area contributed by atoms with Crippen LogP contribution in [-0.4, -0.2) is 9.97 Å². The highest BCUT2D eigenvalue weighted by Gasteiger charge is 2.08. The fourth-order valence-electron chi connectivity index (χ4n) is 1.82. The van der Waals surface area contributed by atoms with Gasteiger partial charge in [-0.2, -0.15) is 0 Å². The molecule has 3 rings (SSSR count). The molecule has 6 heteroatoms. The predicted molar refractivity (Wildman–Crippen MR) is 75.6 cm³/mol. The first-order valence-electron chi connectivity index (χ1n) is 5.74. The maximum absolute atomic E-state index is 5.53. The van der Waals surface area contributed by atoms with E-state index in [2.05, 4.69) is 21.5 Å². The Morgan fingerprint density at radius 3 is 3.00 bits per heavy atom. The molecule has 3 aromatic rings. The number of para-hydroxylation sites is 1. The number of thioether (sulfide) groups is 1. The maximum atomic E-state index is 5.53. The normalized spacial score (nSPS) is 10.8. The van der Waals surface area contributed by atoms with E-state index in [0.717, 1.165) is 16.5 Å². The molecule has 0 radical (unpaired) electrons. The first-order chi connectivity index (χ1) is 9.36. The number of hydrogen-bond acceptors (Lipinski definition) is 6. The molecule has 2 heterocycles. The highest BCUT2D eigenvalue weighted by Crippen LogP contribution is 2.27. The van der Waals surface area contributed by atoms with Gasteiger partial charge in [-0.05, 0) is 12.1 Å². The molecule has 2 aromatic heterocycles. The largest absolute Gasteiger partial charge is 0.440 e. The second-order valence-electron chi connectivity index (χ2n) is 3.92. The van der Waals surface area contributed by atoms with Crippen LogP contribution in [0.1, 0.15) is 5.56 Å². The van der Waals surface area contributed by atoms with Gasteiger partial charge in [-0.25, -0.2) is 15.8 Å². The molecule has 0 bridgehead atoms. The zero-order chi connectivity index (χ0) is 13.1. The van der Waals surface area contributed by atoms with Crippen LogP contribution in [0.2, 0.25) is 0 Å². The van der Waals surface area contributed by atoms with Crippen molar-refractivity contribution in [2.45, 2.75) is 11.0 Å². The maximum Gasteiger partial charge on any atom is 0.255 e. The topological polar surface area (TPSA) is 77.0 Å². The average molecular weight is 272 g/mol. The Balaban J connectivity index is 1.92. The Hall–Kier alpha value is -2.05. The van der Waals surface area contributed by atoms with E-state index < -0.39 is 0 Å². The van der Waals surface area contributed by atoms with E-state index in [1.54, 1.807) is 12.5 Å². The number of hydrogen-bond donors (Lipinski definition) is 2. The number of benzene rings is 1. The van der Waals surface area contributed by atoms with Crippen LogP contribution in [0.4, 0.5) is 5.82 Å². The van der Waals surface area contributed by atoms with Crippen LogP contribution >= 0.6 is 11.8 Å². The molecule has 0 saturated heterocycles. The lowest BCUT2D eigenvalue weighted by Crippen LogP contribution is -2.11. The van der Waals surface area contributed by atoms with E-state index in [9.17, 15) is 0 Å². The van der Waals surface area contributed by atoms with Crippen molar-refractivity contribution in [3.8, 4) is 0 Å². The highest BCUT2D eigenvalue weighted by atomic mass is 32.2. The van der Waals surface area contributed by atoms with Crippen molar-refractivity contribution in [1.82, 2.24) is 9.97 Å². The number of fused-ring (bicyclic) bond motifs is 1. The SMILES string of the molecule is NNc1nc2ccccc2cc1CSc1ncco1. The van der Waals surface area contributed by atoms with E-state index in [-0.39, 0.29) is 0 Å². The van der Waals surface area contributed by atoms with Gasteiger partial charge >= 0.3 is 0 Å². The number of anilines is 1. The number of rotatable bonds is 4. The third-order valence-electron chi connectivity index (χ3n) is 2.70. The Bertz CT molecular complexity index is 684. The van der Waals surface area contributed by atoms with Crippen LogP contribution in [-0.2, 0) is 5.75 Å². The molecule has 0 aliphatic heterocycles. The quantitative estimate of drug-likeness (QED) is 0.432. The summed E-state index contributed by atoms with van der Waals surface area (Å²) >= 11 is 1.50. The zero-order valence-electron chi connectivity index (χ0n) is 10.0. The molecular weight excluding hydrogens is 260 g/mol. The number of nitrogens with one attached hydrogen (secondary N) is 1. The molecule has 0 unspecified atom stereocenters. The van der Waals surface area contributed by atoms with Gasteiger partial charge in [0.2, 0.25) is 0 Å². The van der Waals surface area contributed by atoms with E-state index in [1.165, 1.54) is 11.8 Å². The number of nitrogens with zero attached hydrogens (tertiary/aromatic N) is 2. The summed E-state index contributed by atoms with van der Waals surface area (Å²) in [6.45, 7) is 0. The Morgan fingerprint density at radius 2 is 2.21 bits per heavy atom. The fraction of sp³-hybridized carbons (Fsp3) is 0.0769. The lowest BCUT2D eigenvalue weighted by Gasteiger charge is -2.08. The van der Waals surface area contributed by atoms with Gasteiger partial charge in [0.05, 0.1) is 11.7 Å². The van der Waals surface area contributed by atoms with Crippen LogP contribution in [0, 0.1) is 0 Å². The van der Waals surface area contributed by atoms with Crippen molar-refractivity contribution in [1.29, 1.82) is 0 Å². The fourth-order valence-corrected chi connectivity index (χ4v) is 2.57. The number of nitrogen functional groups attached to an aromatic ring is 1. The predicted octanol–water partition coefficient (Wildman–Crippen LogP) is 2.80. The molecular formula is C13H12N4OS. The number of pyridine rings is 1. The molecule has 0 spiro atoms. The van der Waals surface area contributed by atoms with Gasteiger partial charge in [0.25, 0.3) is 5.22 Å². The summed E-state index contributed by atoms with van der Waals surface area (Å²) in [6, 6.07) is 10.0. The number of aromatic nitrogens is 2. The van der Waals surface area contributed by atoms with Crippen molar-refractivity contribution in [3.05, 3.63) is 48.4 Å². The highest BCUT2D eigenvalue weighted by molar-refractivity contribution is 7.98. The van der Waals surface area contributed by atoms with Crippen molar-refractivity contribution >= 4 is 28.5 Å². The summed E-state index contributed by atoms with van der Waals surface area (Å²) in [5, 5.41) is 1.72. The van der Waals surface area contributed by atoms with Gasteiger partial charge in [-0.15, -0.1) is 0 Å². The molecule has 0 amide bonds. The van der Waals surface area contributed by atoms with Gasteiger partial charge < -0.3 is 9.84 Å². The molecule has 0 saturated carbocycles. The minimum atomic E-state index is 0.635. The number of nitrogens with two attached hydrogens (primary N) is 1. The lowest BCUT2D eigenvalue weighted by molar-refractivity contribution is 0.454. The van der Waals surface area contributed by atoms with Crippen LogP contribution in [0.25, 0.3) is 10.9 Å². The van der Waals surface area contributed by atoms with Gasteiger partial charge in [0.1, 0.15) is 12.1 Å². The van der Waals surface area contributed by atoms with Gasteiger partial charge in [-0.3, -0.25) is 0 Å². The molecule has 19 heavy (non-hydrogen) atoms. The molecule has 0 atom stereocenters. The summed E-state index contributed by atoms with van der Waals surface area (Å²) < 4.78 is 5.20. The molecule has 0 aliphatic carbocycles. The molecule has 0 fully saturated rings. The molecule has 96 valence electrons. The summed E-state index contributed by atoms with van der Waals surface area (Å²) in [7, 11) is 0. The molecule has 3 N–H and O–H groups in total. The lowest BCUT2D eigenvalue weighted by atomic mass is 10.1. The van der Waals surface area contributed by atoms with Crippen LogP contribution in [0.15, 0.2) is 52.4 Å². The summed E-state index contributed by atoms with van der Waals surface area (Å²) in [6.07, 6.45) is 3.19. The van der Waals surface area contributed by atoms with Crippen LogP contribution < -0.4 is 11.3 Å². The van der Waals surface area contributed by atoms with E-state index in [4.69, 9.17) is 10.3 Å². The number of hydrazine groups is 1. The second-order valence-corrected chi connectivity index (χ2v) is 4.85. The van der Waals surface area contributed by atoms with Crippen molar-refractivity contribution < 1.29 is 4.42 Å². The number of oxazole rings is 1. The van der Waals surface area contributed by atoms with Gasteiger partial charge in [-0.1, -0.05) is 30.0 Å². The monoisotopic (exact) mass is 272 g/mol. The Morgan fingerprint density at radius 1 is 1.32 bits per heavy atom. The van der Waals surface area contributed by atoms with Gasteiger partial charge in [0.15, 0.2) is 0 Å². The summed E-state index contributed by atoms with van der Waals surface area (Å²) in [4.78, 5) is 8.57. The molecule has 1 aromatic carbocycles. The Labute approximate surface area is 114 Å². The van der Waals surface area contributed by atoms with E-state index in [1.807, 2.05) is 24.3 Å². The molecule has 0 aliphatic rings. The molecule has 5 nitrogen and oxygen atoms in total. The van der Waals surface area contributed by atoms with Crippen molar-refractivity contribution in [2.24, 2.45) is 5.84 Å². The average Bonchev–Trinajstić information content (AvgIpc) is 2.97. The van der Waals surface area contributed by atoms with E-state index in [0.29, 0.717) is 16.8 Å². The standard InChI is InChI=1S/C13H12N4OS/c14-17-12-10(8-19-13-15-5-6-18-13)7-9-3-1-2-4-11(9)16-12/h1-7H,8,14H2,(H,16,17). The van der Waals surface area contributed by atoms with Gasteiger partial charge in [0, 0.05) is 16.7 Å². The van der Waals surface area contributed by atoms with Crippen molar-refractivity contribution in [3.63, 3.8) is 0 Å². The van der Waals surface area contributed by atoms with Crippen LogP contribution in [0.3, 0.4) is 0 Å². The Kier molecular flexibility index (Phi) is 3.35. The summed E-state index contributed by atoms with van der Waals surface area (Å²) in [5.41, 5.74) is 4.58. The minimum Gasteiger partial charge on any atom is -0.440 e. The first kappa shape index (κ1) is 12.0. The van der Waals surface area contributed by atoms with Crippen molar-refractivity contribution in [2.75, 3.05) is 5.43 Å². The first-order valence-corrected chi connectivity index (χ1v) is 6.73. The summed E-state index contributed by atoms with van der Waals surface area (Å²) in [5.74, 6) is 6.90. The zero-order valence-corrected chi connectivity index (χ0v) is 10.9. The minimum absolute atomic E-state index is 0.635. The third kappa shape index (κ3) is 2.54. The van der Waals surface area contributed by atoms with Crippen LogP contribution in [0.5, 0.6) is 0 Å². The smallest absolute Gasteiger partial charge is 0.255 e.